The molecule has 0 saturated carbocycles. The number of thioether (sulfide) groups is 1. The molecule has 0 aliphatic rings. The molecule has 1 unspecified atom stereocenters. The van der Waals surface area contributed by atoms with Gasteiger partial charge in [-0.3, -0.25) is 0 Å². The largest absolute Gasteiger partial charge is 0.480 e. The van der Waals surface area contributed by atoms with E-state index in [2.05, 4.69) is 5.32 Å². The van der Waals surface area contributed by atoms with Crippen molar-refractivity contribution in [2.24, 2.45) is 0 Å². The molecule has 0 radical (unpaired) electrons. The second-order valence-corrected chi connectivity index (χ2v) is 7.20. The van der Waals surface area contributed by atoms with Crippen LogP contribution >= 0.6 is 11.8 Å². The van der Waals surface area contributed by atoms with E-state index in [0.717, 1.165) is 23.4 Å². The fraction of sp³-hybridized carbons (Fsp3) is 0.300. The summed E-state index contributed by atoms with van der Waals surface area (Å²) >= 11 is 1.16. The Labute approximate surface area is 170 Å². The maximum Gasteiger partial charge on any atom is 0.416 e. The molecular formula is C20H20F3NO4S. The number of hydrogen-bond acceptors (Lipinski definition) is 4. The Morgan fingerprint density at radius 1 is 1.07 bits per heavy atom. The van der Waals surface area contributed by atoms with Crippen LogP contribution in [0.25, 0.3) is 0 Å². The number of alkyl carbamates (subject to hydrolysis) is 1. The van der Waals surface area contributed by atoms with Gasteiger partial charge >= 0.3 is 18.2 Å². The number of hydrogen-bond donors (Lipinski definition) is 2. The van der Waals surface area contributed by atoms with Crippen molar-refractivity contribution in [2.45, 2.75) is 31.0 Å². The SMILES string of the molecule is O=C(NC(CCSCc1ccccc1C(F)(F)F)C(=O)O)OCc1ccccc1. The second kappa shape index (κ2) is 10.8. The summed E-state index contributed by atoms with van der Waals surface area (Å²) in [5.74, 6) is -0.902. The highest BCUT2D eigenvalue weighted by Gasteiger charge is 2.32. The fourth-order valence-electron chi connectivity index (χ4n) is 2.47. The third-order valence-corrected chi connectivity index (χ3v) is 4.97. The van der Waals surface area contributed by atoms with Gasteiger partial charge in [-0.05, 0) is 29.4 Å². The van der Waals surface area contributed by atoms with Crippen LogP contribution in [0.15, 0.2) is 54.6 Å². The average Bonchev–Trinajstić information content (AvgIpc) is 2.69. The minimum Gasteiger partial charge on any atom is -0.480 e. The zero-order chi connectivity index (χ0) is 21.3. The number of carboxylic acid groups (broad SMARTS) is 1. The minimum atomic E-state index is -4.44. The van der Waals surface area contributed by atoms with E-state index in [0.29, 0.717) is 0 Å². The van der Waals surface area contributed by atoms with Gasteiger partial charge in [-0.25, -0.2) is 9.59 Å². The molecule has 9 heteroatoms. The van der Waals surface area contributed by atoms with Crippen LogP contribution in [0.4, 0.5) is 18.0 Å². The molecule has 29 heavy (non-hydrogen) atoms. The number of alkyl halides is 3. The number of aliphatic carboxylic acids is 1. The lowest BCUT2D eigenvalue weighted by Gasteiger charge is -2.15. The number of amides is 1. The van der Waals surface area contributed by atoms with Crippen molar-refractivity contribution in [3.8, 4) is 0 Å². The molecule has 0 aromatic heterocycles. The van der Waals surface area contributed by atoms with Crippen LogP contribution < -0.4 is 5.32 Å². The first-order valence-corrected chi connectivity index (χ1v) is 9.85. The summed E-state index contributed by atoms with van der Waals surface area (Å²) in [6.07, 6.45) is -5.26. The van der Waals surface area contributed by atoms with E-state index in [1.807, 2.05) is 6.07 Å². The summed E-state index contributed by atoms with van der Waals surface area (Å²) < 4.78 is 43.9. The molecule has 1 amide bonds. The number of benzene rings is 2. The first-order valence-electron chi connectivity index (χ1n) is 8.70. The van der Waals surface area contributed by atoms with Crippen LogP contribution in [-0.2, 0) is 28.1 Å². The monoisotopic (exact) mass is 427 g/mol. The third-order valence-electron chi connectivity index (χ3n) is 3.93. The molecule has 5 nitrogen and oxygen atoms in total. The predicted molar refractivity (Wildman–Crippen MR) is 103 cm³/mol. The van der Waals surface area contributed by atoms with Gasteiger partial charge in [-0.1, -0.05) is 48.5 Å². The molecule has 0 saturated heterocycles. The summed E-state index contributed by atoms with van der Waals surface area (Å²) in [7, 11) is 0. The molecule has 0 spiro atoms. The standard InChI is InChI=1S/C20H20F3NO4S/c21-20(22,23)16-9-5-4-8-15(16)13-29-11-10-17(18(25)26)24-19(27)28-12-14-6-2-1-3-7-14/h1-9,17H,10-13H2,(H,24,27)(H,25,26). The van der Waals surface area contributed by atoms with E-state index < -0.39 is 29.8 Å². The maximum atomic E-state index is 13.0. The Kier molecular flexibility index (Phi) is 8.38. The summed E-state index contributed by atoms with van der Waals surface area (Å²) in [5, 5.41) is 11.5. The van der Waals surface area contributed by atoms with E-state index in [1.54, 1.807) is 24.3 Å². The van der Waals surface area contributed by atoms with Crippen LogP contribution in [0.3, 0.4) is 0 Å². The molecule has 156 valence electrons. The van der Waals surface area contributed by atoms with Gasteiger partial charge in [0, 0.05) is 5.75 Å². The van der Waals surface area contributed by atoms with Crippen LogP contribution in [0, 0.1) is 0 Å². The maximum absolute atomic E-state index is 13.0. The zero-order valence-electron chi connectivity index (χ0n) is 15.3. The Balaban J connectivity index is 1.80. The molecule has 2 N–H and O–H groups in total. The van der Waals surface area contributed by atoms with Gasteiger partial charge in [0.1, 0.15) is 12.6 Å². The number of rotatable bonds is 9. The Morgan fingerprint density at radius 2 is 1.72 bits per heavy atom. The quantitative estimate of drug-likeness (QED) is 0.567. The van der Waals surface area contributed by atoms with Gasteiger partial charge in [-0.15, -0.1) is 0 Å². The summed E-state index contributed by atoms with van der Waals surface area (Å²) in [6, 6.07) is 13.0. The van der Waals surface area contributed by atoms with Crippen molar-refractivity contribution in [1.82, 2.24) is 5.32 Å². The van der Waals surface area contributed by atoms with Gasteiger partial charge in [0.25, 0.3) is 0 Å². The van der Waals surface area contributed by atoms with Crippen molar-refractivity contribution in [3.05, 3.63) is 71.3 Å². The number of carbonyl (C=O) groups is 2. The number of carbonyl (C=O) groups excluding carboxylic acids is 1. The van der Waals surface area contributed by atoms with Gasteiger partial charge in [0.05, 0.1) is 5.56 Å². The lowest BCUT2D eigenvalue weighted by Crippen LogP contribution is -2.41. The molecule has 0 bridgehead atoms. The van der Waals surface area contributed by atoms with E-state index in [9.17, 15) is 27.9 Å². The first kappa shape index (κ1) is 22.6. The second-order valence-electron chi connectivity index (χ2n) is 6.09. The summed E-state index contributed by atoms with van der Waals surface area (Å²) in [5.41, 5.74) is 0.186. The molecule has 2 aromatic carbocycles. The Morgan fingerprint density at radius 3 is 2.38 bits per heavy atom. The van der Waals surface area contributed by atoms with Crippen LogP contribution in [0.5, 0.6) is 0 Å². The minimum absolute atomic E-state index is 0.00197. The van der Waals surface area contributed by atoms with Gasteiger partial charge in [-0.2, -0.15) is 24.9 Å². The van der Waals surface area contributed by atoms with Crippen molar-refractivity contribution in [1.29, 1.82) is 0 Å². The summed E-state index contributed by atoms with van der Waals surface area (Å²) in [6.45, 7) is 0.00197. The molecule has 0 fully saturated rings. The van der Waals surface area contributed by atoms with E-state index in [4.69, 9.17) is 4.74 Å². The molecule has 2 aromatic rings. The van der Waals surface area contributed by atoms with E-state index >= 15 is 0 Å². The smallest absolute Gasteiger partial charge is 0.416 e. The third kappa shape index (κ3) is 7.69. The normalized spacial score (nSPS) is 12.2. The molecule has 1 atom stereocenters. The molecule has 0 aliphatic heterocycles. The highest BCUT2D eigenvalue weighted by Crippen LogP contribution is 2.33. The van der Waals surface area contributed by atoms with Crippen molar-refractivity contribution < 1.29 is 32.6 Å². The van der Waals surface area contributed by atoms with Crippen LogP contribution in [0.1, 0.15) is 23.1 Å². The number of nitrogens with one attached hydrogen (secondary N) is 1. The average molecular weight is 427 g/mol. The van der Waals surface area contributed by atoms with E-state index in [-0.39, 0.29) is 30.1 Å². The van der Waals surface area contributed by atoms with Crippen LogP contribution in [-0.4, -0.2) is 29.0 Å². The zero-order valence-corrected chi connectivity index (χ0v) is 16.1. The molecule has 0 heterocycles. The lowest BCUT2D eigenvalue weighted by atomic mass is 10.1. The number of carboxylic acids is 1. The number of halogens is 3. The predicted octanol–water partition coefficient (Wildman–Crippen LogP) is 4.71. The van der Waals surface area contributed by atoms with Gasteiger partial charge < -0.3 is 15.2 Å². The van der Waals surface area contributed by atoms with E-state index in [1.165, 1.54) is 18.2 Å². The number of ether oxygens (including phenoxy) is 1. The van der Waals surface area contributed by atoms with Gasteiger partial charge in [0.2, 0.25) is 0 Å². The molecule has 0 aliphatic carbocycles. The Hall–Kier alpha value is -2.68. The molecular weight excluding hydrogens is 407 g/mol. The first-order chi connectivity index (χ1) is 13.8. The lowest BCUT2D eigenvalue weighted by molar-refractivity contribution is -0.139. The highest BCUT2D eigenvalue weighted by atomic mass is 32.2. The fourth-order valence-corrected chi connectivity index (χ4v) is 3.49. The summed E-state index contributed by atoms with van der Waals surface area (Å²) in [4.78, 5) is 23.1. The highest BCUT2D eigenvalue weighted by molar-refractivity contribution is 7.98. The Bertz CT molecular complexity index is 815. The van der Waals surface area contributed by atoms with Gasteiger partial charge in [0.15, 0.2) is 0 Å². The van der Waals surface area contributed by atoms with Crippen LogP contribution in [0.2, 0.25) is 0 Å². The molecule has 2 rings (SSSR count). The van der Waals surface area contributed by atoms with Crippen molar-refractivity contribution >= 4 is 23.8 Å². The van der Waals surface area contributed by atoms with Crippen molar-refractivity contribution in [3.63, 3.8) is 0 Å². The topological polar surface area (TPSA) is 75.6 Å². The van der Waals surface area contributed by atoms with Crippen molar-refractivity contribution in [2.75, 3.05) is 5.75 Å².